The van der Waals surface area contributed by atoms with Crippen molar-refractivity contribution in [3.63, 3.8) is 0 Å². The van der Waals surface area contributed by atoms with Crippen molar-refractivity contribution in [1.29, 1.82) is 0 Å². The van der Waals surface area contributed by atoms with Crippen molar-refractivity contribution in [2.45, 2.75) is 50.4 Å². The van der Waals surface area contributed by atoms with Crippen LogP contribution in [-0.2, 0) is 0 Å². The van der Waals surface area contributed by atoms with Crippen LogP contribution in [0.3, 0.4) is 0 Å². The van der Waals surface area contributed by atoms with Gasteiger partial charge in [0.25, 0.3) is 0 Å². The van der Waals surface area contributed by atoms with Gasteiger partial charge in [0.15, 0.2) is 0 Å². The molecule has 1 aliphatic rings. The van der Waals surface area contributed by atoms with E-state index in [1.54, 1.807) is 0 Å². The maximum absolute atomic E-state index is 13.5. The lowest BCUT2D eigenvalue weighted by molar-refractivity contribution is 0.102. The lowest BCUT2D eigenvalue weighted by Crippen LogP contribution is -2.41. The van der Waals surface area contributed by atoms with Crippen molar-refractivity contribution in [3.8, 4) is 0 Å². The number of aliphatic hydroxyl groups excluding tert-OH is 2. The Morgan fingerprint density at radius 3 is 2.50 bits per heavy atom. The smallest absolute Gasteiger partial charge is 0.131 e. The first-order chi connectivity index (χ1) is 9.59. The molecule has 20 heavy (non-hydrogen) atoms. The van der Waals surface area contributed by atoms with Gasteiger partial charge in [-0.3, -0.25) is 0 Å². The van der Waals surface area contributed by atoms with Crippen LogP contribution < -0.4 is 5.32 Å². The molecule has 0 amide bonds. The van der Waals surface area contributed by atoms with Gasteiger partial charge >= 0.3 is 0 Å². The average molecular weight is 285 g/mol. The van der Waals surface area contributed by atoms with Crippen LogP contribution in [0.4, 0.5) is 8.78 Å². The molecule has 1 aromatic rings. The van der Waals surface area contributed by atoms with E-state index in [0.29, 0.717) is 0 Å². The molecule has 3 nitrogen and oxygen atoms in total. The van der Waals surface area contributed by atoms with Crippen molar-refractivity contribution in [2.24, 2.45) is 0 Å². The second kappa shape index (κ2) is 7.11. The summed E-state index contributed by atoms with van der Waals surface area (Å²) in [6.07, 6.45) is 2.90. The fraction of sp³-hybridized carbons (Fsp3) is 0.600. The highest BCUT2D eigenvalue weighted by molar-refractivity contribution is 5.22. The molecule has 0 saturated heterocycles. The van der Waals surface area contributed by atoms with Crippen LogP contribution in [0.5, 0.6) is 0 Å². The molecule has 0 aromatic heterocycles. The summed E-state index contributed by atoms with van der Waals surface area (Å²) in [6, 6.07) is 3.40. The van der Waals surface area contributed by atoms with Gasteiger partial charge in [0.1, 0.15) is 11.6 Å². The Morgan fingerprint density at radius 1 is 1.15 bits per heavy atom. The maximum atomic E-state index is 13.5. The van der Waals surface area contributed by atoms with Crippen molar-refractivity contribution in [2.75, 3.05) is 6.54 Å². The molecule has 0 radical (unpaired) electrons. The van der Waals surface area contributed by atoms with Crippen molar-refractivity contribution in [1.82, 2.24) is 5.32 Å². The first-order valence-corrected chi connectivity index (χ1v) is 7.13. The molecule has 1 aliphatic carbocycles. The van der Waals surface area contributed by atoms with Gasteiger partial charge in [-0.1, -0.05) is 25.3 Å². The van der Waals surface area contributed by atoms with Crippen LogP contribution in [0.1, 0.15) is 43.8 Å². The molecule has 1 saturated carbocycles. The highest BCUT2D eigenvalue weighted by Gasteiger charge is 2.23. The Labute approximate surface area is 117 Å². The summed E-state index contributed by atoms with van der Waals surface area (Å²) in [5.74, 6) is -1.50. The first-order valence-electron chi connectivity index (χ1n) is 7.13. The molecule has 0 aliphatic heterocycles. The van der Waals surface area contributed by atoms with Crippen LogP contribution in [0.25, 0.3) is 0 Å². The van der Waals surface area contributed by atoms with E-state index in [1.165, 1.54) is 6.07 Å². The third kappa shape index (κ3) is 3.75. The Morgan fingerprint density at radius 2 is 1.80 bits per heavy atom. The Hall–Kier alpha value is -1.04. The number of hydrogen-bond acceptors (Lipinski definition) is 3. The molecule has 1 fully saturated rings. The molecule has 0 spiro atoms. The van der Waals surface area contributed by atoms with Gasteiger partial charge in [0.05, 0.1) is 17.8 Å². The fourth-order valence-electron chi connectivity index (χ4n) is 2.72. The topological polar surface area (TPSA) is 52.5 Å². The van der Waals surface area contributed by atoms with E-state index in [-0.39, 0.29) is 18.2 Å². The summed E-state index contributed by atoms with van der Waals surface area (Å²) in [4.78, 5) is 0. The number of halogens is 2. The minimum atomic E-state index is -1.26. The van der Waals surface area contributed by atoms with Crippen LogP contribution in [0, 0.1) is 11.6 Å². The summed E-state index contributed by atoms with van der Waals surface area (Å²) in [5, 5.41) is 22.9. The Balaban J connectivity index is 1.96. The molecule has 5 heteroatoms. The number of aliphatic hydroxyl groups is 2. The summed E-state index contributed by atoms with van der Waals surface area (Å²) >= 11 is 0. The fourth-order valence-corrected chi connectivity index (χ4v) is 2.72. The van der Waals surface area contributed by atoms with Gasteiger partial charge in [-0.15, -0.1) is 0 Å². The standard InChI is InChI=1S/C15H21F2NO2/c16-10-5-4-6-11(17)15(10)14(20)9-18-12-7-2-1-3-8-13(12)19/h4-6,12-14,18-20H,1-3,7-9H2. The third-order valence-corrected chi connectivity index (χ3v) is 3.89. The molecule has 0 bridgehead atoms. The molecule has 0 heterocycles. The van der Waals surface area contributed by atoms with E-state index in [9.17, 15) is 19.0 Å². The predicted molar refractivity (Wildman–Crippen MR) is 72.2 cm³/mol. The minimum Gasteiger partial charge on any atom is -0.392 e. The summed E-state index contributed by atoms with van der Waals surface area (Å²) < 4.78 is 27.1. The zero-order valence-corrected chi connectivity index (χ0v) is 11.4. The Kier molecular flexibility index (Phi) is 5.46. The van der Waals surface area contributed by atoms with Crippen molar-refractivity contribution < 1.29 is 19.0 Å². The average Bonchev–Trinajstić information content (AvgIpc) is 2.61. The van der Waals surface area contributed by atoms with Crippen molar-refractivity contribution >= 4 is 0 Å². The minimum absolute atomic E-state index is 0.0274. The molecule has 3 N–H and O–H groups in total. The second-order valence-electron chi connectivity index (χ2n) is 5.37. The third-order valence-electron chi connectivity index (χ3n) is 3.89. The molecule has 3 unspecified atom stereocenters. The summed E-state index contributed by atoms with van der Waals surface area (Å²) in [6.45, 7) is 0.0274. The van der Waals surface area contributed by atoms with Crippen molar-refractivity contribution in [3.05, 3.63) is 35.4 Å². The highest BCUT2D eigenvalue weighted by Crippen LogP contribution is 2.22. The van der Waals surface area contributed by atoms with Gasteiger partial charge in [-0.2, -0.15) is 0 Å². The van der Waals surface area contributed by atoms with Crippen LogP contribution in [-0.4, -0.2) is 28.9 Å². The Bertz CT molecular complexity index is 422. The van der Waals surface area contributed by atoms with Gasteiger partial charge in [0.2, 0.25) is 0 Å². The largest absolute Gasteiger partial charge is 0.392 e. The summed E-state index contributed by atoms with van der Waals surface area (Å²) in [5.41, 5.74) is -0.317. The quantitative estimate of drug-likeness (QED) is 0.744. The number of rotatable bonds is 4. The number of benzene rings is 1. The van der Waals surface area contributed by atoms with Crippen LogP contribution in [0.2, 0.25) is 0 Å². The van der Waals surface area contributed by atoms with Crippen LogP contribution in [0.15, 0.2) is 18.2 Å². The molecule has 112 valence electrons. The van der Waals surface area contributed by atoms with Gasteiger partial charge in [0, 0.05) is 12.6 Å². The molecular weight excluding hydrogens is 264 g/mol. The zero-order chi connectivity index (χ0) is 14.5. The second-order valence-corrected chi connectivity index (χ2v) is 5.37. The molecule has 3 atom stereocenters. The molecule has 2 rings (SSSR count). The zero-order valence-electron chi connectivity index (χ0n) is 11.4. The summed E-state index contributed by atoms with van der Waals surface area (Å²) in [7, 11) is 0. The predicted octanol–water partition coefficient (Wildman–Crippen LogP) is 2.28. The van der Waals surface area contributed by atoms with E-state index < -0.39 is 23.8 Å². The van der Waals surface area contributed by atoms with E-state index in [2.05, 4.69) is 5.32 Å². The first kappa shape index (κ1) is 15.4. The molecule has 1 aromatic carbocycles. The van der Waals surface area contributed by atoms with E-state index in [0.717, 1.165) is 44.2 Å². The van der Waals surface area contributed by atoms with Gasteiger partial charge < -0.3 is 15.5 Å². The number of hydrogen-bond donors (Lipinski definition) is 3. The normalized spacial score (nSPS) is 25.2. The monoisotopic (exact) mass is 285 g/mol. The highest BCUT2D eigenvalue weighted by atomic mass is 19.1. The van der Waals surface area contributed by atoms with E-state index in [1.807, 2.05) is 0 Å². The van der Waals surface area contributed by atoms with E-state index in [4.69, 9.17) is 0 Å². The lowest BCUT2D eigenvalue weighted by Gasteiger charge is -2.23. The van der Waals surface area contributed by atoms with Gasteiger partial charge in [-0.05, 0) is 25.0 Å². The maximum Gasteiger partial charge on any atom is 0.131 e. The molecular formula is C15H21F2NO2. The van der Waals surface area contributed by atoms with Gasteiger partial charge in [-0.25, -0.2) is 8.78 Å². The number of nitrogens with one attached hydrogen (secondary N) is 1. The lowest BCUT2D eigenvalue weighted by atomic mass is 10.0. The SMILES string of the molecule is OC(CNC1CCCCCC1O)c1c(F)cccc1F. The van der Waals surface area contributed by atoms with Crippen LogP contribution >= 0.6 is 0 Å². The van der Waals surface area contributed by atoms with E-state index >= 15 is 0 Å².